The van der Waals surface area contributed by atoms with Gasteiger partial charge in [-0.2, -0.15) is 5.26 Å². The van der Waals surface area contributed by atoms with Crippen molar-refractivity contribution in [3.63, 3.8) is 0 Å². The van der Waals surface area contributed by atoms with Gasteiger partial charge in [0.1, 0.15) is 18.1 Å². The summed E-state index contributed by atoms with van der Waals surface area (Å²) in [4.78, 5) is 8.17. The van der Waals surface area contributed by atoms with E-state index >= 15 is 0 Å². The summed E-state index contributed by atoms with van der Waals surface area (Å²) in [7, 11) is 0. The lowest BCUT2D eigenvalue weighted by atomic mass is 9.93. The number of nitriles is 1. The van der Waals surface area contributed by atoms with Crippen LogP contribution in [0.1, 0.15) is 36.2 Å². The van der Waals surface area contributed by atoms with E-state index < -0.39 is 0 Å². The van der Waals surface area contributed by atoms with Crippen molar-refractivity contribution in [2.75, 3.05) is 0 Å². The minimum atomic E-state index is 0.228. The Morgan fingerprint density at radius 3 is 2.65 bits per heavy atom. The molecule has 0 fully saturated rings. The van der Waals surface area contributed by atoms with Gasteiger partial charge in [-0.3, -0.25) is 0 Å². The number of aromatic nitrogens is 2. The molecule has 0 radical (unpaired) electrons. The van der Waals surface area contributed by atoms with Gasteiger partial charge in [0, 0.05) is 5.92 Å². The highest BCUT2D eigenvalue weighted by Crippen LogP contribution is 2.25. The van der Waals surface area contributed by atoms with E-state index in [9.17, 15) is 0 Å². The maximum absolute atomic E-state index is 8.85. The summed E-state index contributed by atoms with van der Waals surface area (Å²) in [5, 5.41) is 8.85. The van der Waals surface area contributed by atoms with Crippen molar-refractivity contribution in [2.24, 2.45) is 0 Å². The van der Waals surface area contributed by atoms with Gasteiger partial charge in [-0.05, 0) is 18.1 Å². The fourth-order valence-corrected chi connectivity index (χ4v) is 1.93. The lowest BCUT2D eigenvalue weighted by Crippen LogP contribution is -2.03. The van der Waals surface area contributed by atoms with Crippen LogP contribution in [-0.2, 0) is 0 Å². The molecular formula is C14H13N3. The average Bonchev–Trinajstić information content (AvgIpc) is 2.41. The van der Waals surface area contributed by atoms with Gasteiger partial charge >= 0.3 is 0 Å². The van der Waals surface area contributed by atoms with Crippen molar-refractivity contribution < 1.29 is 0 Å². The number of hydrogen-bond acceptors (Lipinski definition) is 3. The quantitative estimate of drug-likeness (QED) is 0.803. The minimum absolute atomic E-state index is 0.228. The molecule has 2 aromatic rings. The first-order chi connectivity index (χ1) is 8.35. The Bertz CT molecular complexity index is 529. The lowest BCUT2D eigenvalue weighted by Gasteiger charge is -2.14. The Kier molecular flexibility index (Phi) is 3.46. The van der Waals surface area contributed by atoms with Crippen molar-refractivity contribution in [1.29, 1.82) is 5.26 Å². The molecule has 0 spiro atoms. The van der Waals surface area contributed by atoms with E-state index in [4.69, 9.17) is 5.26 Å². The molecule has 0 unspecified atom stereocenters. The summed E-state index contributed by atoms with van der Waals surface area (Å²) in [6.07, 6.45) is 2.41. The first-order valence-electron chi connectivity index (χ1n) is 5.62. The molecule has 0 saturated carbocycles. The van der Waals surface area contributed by atoms with Crippen LogP contribution in [-0.4, -0.2) is 9.97 Å². The van der Waals surface area contributed by atoms with Crippen LogP contribution in [0.5, 0.6) is 0 Å². The molecule has 1 atom stereocenters. The molecule has 3 heteroatoms. The summed E-state index contributed by atoms with van der Waals surface area (Å²) in [5.41, 5.74) is 2.55. The highest BCUT2D eigenvalue weighted by molar-refractivity contribution is 5.31. The van der Waals surface area contributed by atoms with Gasteiger partial charge in [-0.25, -0.2) is 9.97 Å². The largest absolute Gasteiger partial charge is 0.241 e. The zero-order valence-electron chi connectivity index (χ0n) is 9.67. The van der Waals surface area contributed by atoms with E-state index in [-0.39, 0.29) is 5.92 Å². The zero-order chi connectivity index (χ0) is 12.1. The topological polar surface area (TPSA) is 49.6 Å². The van der Waals surface area contributed by atoms with Crippen LogP contribution in [0.3, 0.4) is 0 Å². The first kappa shape index (κ1) is 11.3. The fraction of sp³-hybridized carbons (Fsp3) is 0.214. The van der Waals surface area contributed by atoms with Gasteiger partial charge in [0.05, 0.1) is 5.69 Å². The molecule has 1 aromatic heterocycles. The molecule has 0 bridgehead atoms. The van der Waals surface area contributed by atoms with Crippen LogP contribution in [0.15, 0.2) is 42.7 Å². The van der Waals surface area contributed by atoms with Crippen molar-refractivity contribution in [2.45, 2.75) is 19.3 Å². The van der Waals surface area contributed by atoms with Crippen LogP contribution >= 0.6 is 0 Å². The number of hydrogen-bond donors (Lipinski definition) is 0. The molecule has 2 rings (SSSR count). The Balaban J connectivity index is 2.39. The highest BCUT2D eigenvalue weighted by atomic mass is 14.8. The number of benzene rings is 1. The predicted octanol–water partition coefficient (Wildman–Crippen LogP) is 2.89. The zero-order valence-corrected chi connectivity index (χ0v) is 9.67. The van der Waals surface area contributed by atoms with E-state index in [1.165, 1.54) is 11.9 Å². The predicted molar refractivity (Wildman–Crippen MR) is 65.3 cm³/mol. The SMILES string of the molecule is CC[C@H](c1ccccc1)c1cc(C#N)ncn1. The summed E-state index contributed by atoms with van der Waals surface area (Å²) >= 11 is 0. The Hall–Kier alpha value is -2.21. The van der Waals surface area contributed by atoms with E-state index in [1.54, 1.807) is 6.07 Å². The highest BCUT2D eigenvalue weighted by Gasteiger charge is 2.13. The molecule has 3 nitrogen and oxygen atoms in total. The normalized spacial score (nSPS) is 11.8. The van der Waals surface area contributed by atoms with E-state index in [0.717, 1.165) is 12.1 Å². The molecule has 0 saturated heterocycles. The Morgan fingerprint density at radius 2 is 2.00 bits per heavy atom. The number of rotatable bonds is 3. The van der Waals surface area contributed by atoms with E-state index in [2.05, 4.69) is 29.0 Å². The second kappa shape index (κ2) is 5.22. The van der Waals surface area contributed by atoms with Crippen LogP contribution < -0.4 is 0 Å². The fourth-order valence-electron chi connectivity index (χ4n) is 1.93. The van der Waals surface area contributed by atoms with Crippen LogP contribution in [0.2, 0.25) is 0 Å². The second-order valence-corrected chi connectivity index (χ2v) is 3.81. The minimum Gasteiger partial charge on any atom is -0.241 e. The van der Waals surface area contributed by atoms with E-state index in [1.807, 2.05) is 24.3 Å². The van der Waals surface area contributed by atoms with Gasteiger partial charge in [0.15, 0.2) is 0 Å². The first-order valence-corrected chi connectivity index (χ1v) is 5.62. The van der Waals surface area contributed by atoms with Crippen molar-refractivity contribution >= 4 is 0 Å². The molecule has 1 aromatic carbocycles. The number of nitrogens with zero attached hydrogens (tertiary/aromatic N) is 3. The summed E-state index contributed by atoms with van der Waals surface area (Å²) in [6.45, 7) is 2.12. The molecule has 0 aliphatic rings. The smallest absolute Gasteiger partial charge is 0.144 e. The maximum Gasteiger partial charge on any atom is 0.144 e. The standard InChI is InChI=1S/C14H13N3/c1-2-13(11-6-4-3-5-7-11)14-8-12(9-15)16-10-17-14/h3-8,10,13H,2H2,1H3/t13-/m1/s1. The molecular weight excluding hydrogens is 210 g/mol. The molecule has 0 aliphatic carbocycles. The van der Waals surface area contributed by atoms with Crippen LogP contribution in [0, 0.1) is 11.3 Å². The van der Waals surface area contributed by atoms with Crippen molar-refractivity contribution in [1.82, 2.24) is 9.97 Å². The molecule has 0 amide bonds. The maximum atomic E-state index is 8.85. The lowest BCUT2D eigenvalue weighted by molar-refractivity contribution is 0.743. The molecule has 1 heterocycles. The summed E-state index contributed by atoms with van der Waals surface area (Å²) in [6, 6.07) is 14.0. The van der Waals surface area contributed by atoms with Gasteiger partial charge in [0.25, 0.3) is 0 Å². The average molecular weight is 223 g/mol. The monoisotopic (exact) mass is 223 g/mol. The third-order valence-corrected chi connectivity index (χ3v) is 2.77. The van der Waals surface area contributed by atoms with Crippen molar-refractivity contribution in [3.05, 3.63) is 59.7 Å². The summed E-state index contributed by atoms with van der Waals surface area (Å²) < 4.78 is 0. The van der Waals surface area contributed by atoms with Crippen LogP contribution in [0.4, 0.5) is 0 Å². The third-order valence-electron chi connectivity index (χ3n) is 2.77. The molecule has 0 N–H and O–H groups in total. The van der Waals surface area contributed by atoms with Gasteiger partial charge in [0.2, 0.25) is 0 Å². The third kappa shape index (κ3) is 2.48. The molecule has 17 heavy (non-hydrogen) atoms. The molecule has 0 aliphatic heterocycles. The second-order valence-electron chi connectivity index (χ2n) is 3.81. The summed E-state index contributed by atoms with van der Waals surface area (Å²) in [5.74, 6) is 0.228. The van der Waals surface area contributed by atoms with E-state index in [0.29, 0.717) is 5.69 Å². The molecule has 84 valence electrons. The Labute approximate surface area is 101 Å². The van der Waals surface area contributed by atoms with Gasteiger partial charge in [-0.1, -0.05) is 37.3 Å². The van der Waals surface area contributed by atoms with Gasteiger partial charge < -0.3 is 0 Å². The van der Waals surface area contributed by atoms with Gasteiger partial charge in [-0.15, -0.1) is 0 Å². The van der Waals surface area contributed by atoms with Crippen LogP contribution in [0.25, 0.3) is 0 Å². The Morgan fingerprint density at radius 1 is 1.24 bits per heavy atom. The van der Waals surface area contributed by atoms with Crippen molar-refractivity contribution in [3.8, 4) is 6.07 Å².